The van der Waals surface area contributed by atoms with Gasteiger partial charge in [-0.05, 0) is 32.3 Å². The quantitative estimate of drug-likeness (QED) is 0.837. The average molecular weight is 300 g/mol. The van der Waals surface area contributed by atoms with Crippen molar-refractivity contribution in [2.45, 2.75) is 52.8 Å². The monoisotopic (exact) mass is 300 g/mol. The molecule has 21 heavy (non-hydrogen) atoms. The lowest BCUT2D eigenvalue weighted by molar-refractivity contribution is -0.120. The highest BCUT2D eigenvalue weighted by atomic mass is 19.4. The number of hydrogen-bond donors (Lipinski definition) is 0. The predicted octanol–water partition coefficient (Wildman–Crippen LogP) is 3.25. The van der Waals surface area contributed by atoms with Crippen molar-refractivity contribution >= 4 is 5.82 Å². The Morgan fingerprint density at radius 1 is 1.19 bits per heavy atom. The van der Waals surface area contributed by atoms with Crippen LogP contribution in [-0.4, -0.2) is 29.0 Å². The molecule has 1 aromatic rings. The van der Waals surface area contributed by atoms with Crippen LogP contribution in [0.3, 0.4) is 0 Å². The molecule has 0 spiro atoms. The molecule has 0 amide bonds. The minimum Gasteiger partial charge on any atom is -0.342 e. The average Bonchev–Trinajstić information content (AvgIpc) is 2.41. The van der Waals surface area contributed by atoms with Gasteiger partial charge in [-0.1, -0.05) is 13.8 Å². The molecule has 0 atom stereocenters. The SMILES string of the molecule is CCc1nnc(N(CC(F)(F)F)C(C)C)c(C#N)c1CC. The third-order valence-electron chi connectivity index (χ3n) is 3.18. The van der Waals surface area contributed by atoms with Crippen molar-refractivity contribution in [2.75, 3.05) is 11.4 Å². The van der Waals surface area contributed by atoms with Gasteiger partial charge in [0.05, 0.1) is 5.69 Å². The molecule has 0 unspecified atom stereocenters. The maximum Gasteiger partial charge on any atom is 0.405 e. The fourth-order valence-corrected chi connectivity index (χ4v) is 2.18. The molecule has 0 N–H and O–H groups in total. The van der Waals surface area contributed by atoms with Gasteiger partial charge in [0.15, 0.2) is 5.82 Å². The van der Waals surface area contributed by atoms with Gasteiger partial charge in [-0.2, -0.15) is 23.5 Å². The van der Waals surface area contributed by atoms with E-state index in [9.17, 15) is 18.4 Å². The first-order chi connectivity index (χ1) is 9.75. The lowest BCUT2D eigenvalue weighted by Crippen LogP contribution is -2.40. The second-order valence-electron chi connectivity index (χ2n) is 4.98. The van der Waals surface area contributed by atoms with Crippen molar-refractivity contribution in [2.24, 2.45) is 0 Å². The Hall–Kier alpha value is -1.84. The summed E-state index contributed by atoms with van der Waals surface area (Å²) in [7, 11) is 0. The van der Waals surface area contributed by atoms with Gasteiger partial charge in [-0.3, -0.25) is 0 Å². The highest BCUT2D eigenvalue weighted by Crippen LogP contribution is 2.28. The van der Waals surface area contributed by atoms with E-state index in [0.29, 0.717) is 24.1 Å². The molecule has 0 aromatic carbocycles. The number of aromatic nitrogens is 2. The van der Waals surface area contributed by atoms with E-state index >= 15 is 0 Å². The van der Waals surface area contributed by atoms with E-state index in [-0.39, 0.29) is 11.4 Å². The van der Waals surface area contributed by atoms with E-state index in [1.165, 1.54) is 0 Å². The number of rotatable bonds is 5. The molecule has 1 rings (SSSR count). The molecule has 0 bridgehead atoms. The van der Waals surface area contributed by atoms with Gasteiger partial charge in [-0.15, -0.1) is 5.10 Å². The highest BCUT2D eigenvalue weighted by Gasteiger charge is 2.34. The summed E-state index contributed by atoms with van der Waals surface area (Å²) in [5, 5.41) is 17.2. The number of halogens is 3. The summed E-state index contributed by atoms with van der Waals surface area (Å²) < 4.78 is 38.2. The number of hydrogen-bond acceptors (Lipinski definition) is 4. The number of anilines is 1. The number of nitrogens with zero attached hydrogens (tertiary/aromatic N) is 4. The molecular formula is C14H19F3N4. The predicted molar refractivity (Wildman–Crippen MR) is 74.0 cm³/mol. The van der Waals surface area contributed by atoms with Gasteiger partial charge in [-0.25, -0.2) is 0 Å². The summed E-state index contributed by atoms with van der Waals surface area (Å²) in [6.07, 6.45) is -3.24. The lowest BCUT2D eigenvalue weighted by atomic mass is 10.0. The summed E-state index contributed by atoms with van der Waals surface area (Å²) in [5.41, 5.74) is 1.54. The van der Waals surface area contributed by atoms with Crippen LogP contribution in [0.2, 0.25) is 0 Å². The van der Waals surface area contributed by atoms with E-state index in [1.54, 1.807) is 13.8 Å². The third-order valence-corrected chi connectivity index (χ3v) is 3.18. The Kier molecular flexibility index (Phi) is 5.53. The van der Waals surface area contributed by atoms with Crippen LogP contribution in [0, 0.1) is 11.3 Å². The Balaban J connectivity index is 3.42. The molecule has 0 fully saturated rings. The molecule has 0 radical (unpaired) electrons. The zero-order valence-corrected chi connectivity index (χ0v) is 12.6. The highest BCUT2D eigenvalue weighted by molar-refractivity contribution is 5.58. The minimum atomic E-state index is -4.37. The molecule has 4 nitrogen and oxygen atoms in total. The fourth-order valence-electron chi connectivity index (χ4n) is 2.18. The van der Waals surface area contributed by atoms with E-state index in [4.69, 9.17) is 0 Å². The molecule has 1 aromatic heterocycles. The van der Waals surface area contributed by atoms with Crippen LogP contribution in [0.25, 0.3) is 0 Å². The van der Waals surface area contributed by atoms with Crippen LogP contribution in [0.4, 0.5) is 19.0 Å². The Bertz CT molecular complexity index is 532. The molecule has 0 saturated heterocycles. The standard InChI is InChI=1S/C14H19F3N4/c1-5-10-11(7-18)13(20-19-12(10)6-2)21(9(3)4)8-14(15,16)17/h9H,5-6,8H2,1-4H3. The van der Waals surface area contributed by atoms with Crippen LogP contribution in [0.15, 0.2) is 0 Å². The number of aryl methyl sites for hydroxylation is 1. The zero-order chi connectivity index (χ0) is 16.2. The smallest absolute Gasteiger partial charge is 0.342 e. The van der Waals surface area contributed by atoms with Gasteiger partial charge < -0.3 is 4.90 Å². The van der Waals surface area contributed by atoms with Crippen LogP contribution >= 0.6 is 0 Å². The molecule has 0 aliphatic carbocycles. The van der Waals surface area contributed by atoms with Gasteiger partial charge >= 0.3 is 6.18 Å². The molecule has 0 saturated carbocycles. The molecule has 0 aliphatic heterocycles. The summed E-state index contributed by atoms with van der Waals surface area (Å²) in [5.74, 6) is 0.0128. The normalized spacial score (nSPS) is 11.6. The minimum absolute atomic E-state index is 0.0128. The second-order valence-corrected chi connectivity index (χ2v) is 4.98. The first-order valence-electron chi connectivity index (χ1n) is 6.87. The maximum absolute atomic E-state index is 12.7. The molecule has 7 heteroatoms. The zero-order valence-electron chi connectivity index (χ0n) is 12.6. The van der Waals surface area contributed by atoms with E-state index in [0.717, 1.165) is 4.90 Å². The molecule has 116 valence electrons. The van der Waals surface area contributed by atoms with Gasteiger partial charge in [0.25, 0.3) is 0 Å². The maximum atomic E-state index is 12.7. The largest absolute Gasteiger partial charge is 0.405 e. The summed E-state index contributed by atoms with van der Waals surface area (Å²) >= 11 is 0. The van der Waals surface area contributed by atoms with Gasteiger partial charge in [0.1, 0.15) is 18.2 Å². The van der Waals surface area contributed by atoms with Crippen LogP contribution in [0.5, 0.6) is 0 Å². The Labute approximate surface area is 122 Å². The number of alkyl halides is 3. The lowest BCUT2D eigenvalue weighted by Gasteiger charge is -2.29. The van der Waals surface area contributed by atoms with Crippen molar-refractivity contribution in [3.63, 3.8) is 0 Å². The first kappa shape index (κ1) is 17.2. The molecule has 1 heterocycles. The van der Waals surface area contributed by atoms with Crippen LogP contribution in [0.1, 0.15) is 44.5 Å². The molecular weight excluding hydrogens is 281 g/mol. The summed E-state index contributed by atoms with van der Waals surface area (Å²) in [6.45, 7) is 5.84. The van der Waals surface area contributed by atoms with Crippen molar-refractivity contribution in [3.05, 3.63) is 16.8 Å². The Morgan fingerprint density at radius 2 is 1.81 bits per heavy atom. The first-order valence-corrected chi connectivity index (χ1v) is 6.87. The van der Waals surface area contributed by atoms with Crippen LogP contribution < -0.4 is 4.90 Å². The third kappa shape index (κ3) is 4.06. The van der Waals surface area contributed by atoms with Crippen molar-refractivity contribution in [3.8, 4) is 6.07 Å². The van der Waals surface area contributed by atoms with E-state index in [1.807, 2.05) is 19.9 Å². The summed E-state index contributed by atoms with van der Waals surface area (Å²) in [4.78, 5) is 1.07. The van der Waals surface area contributed by atoms with Crippen molar-refractivity contribution in [1.82, 2.24) is 10.2 Å². The molecule has 0 aliphatic rings. The topological polar surface area (TPSA) is 52.8 Å². The van der Waals surface area contributed by atoms with E-state index in [2.05, 4.69) is 10.2 Å². The van der Waals surface area contributed by atoms with Crippen molar-refractivity contribution < 1.29 is 13.2 Å². The van der Waals surface area contributed by atoms with Crippen LogP contribution in [-0.2, 0) is 12.8 Å². The van der Waals surface area contributed by atoms with Gasteiger partial charge in [0, 0.05) is 6.04 Å². The summed E-state index contributed by atoms with van der Waals surface area (Å²) in [6, 6.07) is 1.56. The Morgan fingerprint density at radius 3 is 2.19 bits per heavy atom. The fraction of sp³-hybridized carbons (Fsp3) is 0.643. The van der Waals surface area contributed by atoms with E-state index < -0.39 is 18.8 Å². The second kappa shape index (κ2) is 6.74. The number of nitriles is 1. The van der Waals surface area contributed by atoms with Gasteiger partial charge in [0.2, 0.25) is 0 Å². The van der Waals surface area contributed by atoms with Crippen molar-refractivity contribution in [1.29, 1.82) is 5.26 Å².